The summed E-state index contributed by atoms with van der Waals surface area (Å²) in [6.45, 7) is 2.14. The Morgan fingerprint density at radius 3 is 3.07 bits per heavy atom. The molecule has 3 unspecified atom stereocenters. The molecule has 0 radical (unpaired) electrons. The minimum Gasteiger partial charge on any atom is -0.362 e. The number of aromatic amines is 2. The first-order chi connectivity index (χ1) is 14.4. The van der Waals surface area contributed by atoms with Crippen molar-refractivity contribution in [2.24, 2.45) is 0 Å². The predicted octanol–water partition coefficient (Wildman–Crippen LogP) is 5.44. The maximum Gasteiger partial charge on any atom is 0.209 e. The second kappa shape index (κ2) is 7.42. The van der Waals surface area contributed by atoms with Crippen LogP contribution in [0.5, 0.6) is 0 Å². The van der Waals surface area contributed by atoms with Crippen molar-refractivity contribution in [1.29, 1.82) is 0 Å². The number of hydrogen-bond acceptors (Lipinski definition) is 3. The third-order valence-corrected chi connectivity index (χ3v) is 6.40. The first-order valence-electron chi connectivity index (χ1n) is 9.67. The molecule has 154 valence electrons. The summed E-state index contributed by atoms with van der Waals surface area (Å²) in [6, 6.07) is 3.73. The molecule has 0 aromatic carbocycles. The smallest absolute Gasteiger partial charge is 0.209 e. The molecule has 0 fully saturated rings. The van der Waals surface area contributed by atoms with Crippen molar-refractivity contribution in [3.05, 3.63) is 76.9 Å². The fraction of sp³-hybridized carbons (Fsp3) is 0.273. The van der Waals surface area contributed by atoms with Crippen molar-refractivity contribution in [1.82, 2.24) is 19.9 Å². The minimum absolute atomic E-state index is 0.0774. The minimum atomic E-state index is -1.87. The molecule has 3 aromatic heterocycles. The van der Waals surface area contributed by atoms with E-state index in [1.165, 1.54) is 12.2 Å². The van der Waals surface area contributed by atoms with Gasteiger partial charge in [0.15, 0.2) is 0 Å². The number of aromatic nitrogens is 4. The van der Waals surface area contributed by atoms with Gasteiger partial charge in [-0.25, -0.2) is 18.7 Å². The molecule has 0 aliphatic heterocycles. The largest absolute Gasteiger partial charge is 0.362 e. The number of halogens is 3. The molecule has 2 aliphatic carbocycles. The van der Waals surface area contributed by atoms with Crippen LogP contribution in [-0.2, 0) is 17.8 Å². The lowest BCUT2D eigenvalue weighted by atomic mass is 9.96. The molecule has 5 rings (SSSR count). The molecule has 0 spiro atoms. The Hall–Kier alpha value is -2.33. The lowest BCUT2D eigenvalue weighted by molar-refractivity contribution is 0.0209. The monoisotopic (exact) mass is 520 g/mol. The van der Waals surface area contributed by atoms with E-state index in [0.29, 0.717) is 11.4 Å². The zero-order valence-electron chi connectivity index (χ0n) is 16.1. The van der Waals surface area contributed by atoms with Gasteiger partial charge in [0.2, 0.25) is 3.68 Å². The van der Waals surface area contributed by atoms with Gasteiger partial charge in [-0.3, -0.25) is 0 Å². The zero-order valence-corrected chi connectivity index (χ0v) is 18.3. The number of alkyl halides is 2. The van der Waals surface area contributed by atoms with Crippen molar-refractivity contribution in [3.63, 3.8) is 0 Å². The van der Waals surface area contributed by atoms with E-state index in [0.717, 1.165) is 28.0 Å². The number of H-pyrrole nitrogens is 2. The quantitative estimate of drug-likeness (QED) is 0.348. The Balaban J connectivity index is 1.31. The highest BCUT2D eigenvalue weighted by Gasteiger charge is 2.39. The van der Waals surface area contributed by atoms with Gasteiger partial charge in [-0.15, -0.1) is 0 Å². The Bertz CT molecular complexity index is 1210. The molecule has 3 aromatic rings. The number of allylic oxidation sites excluding steroid dienone is 3. The van der Waals surface area contributed by atoms with Crippen LogP contribution in [0.4, 0.5) is 8.78 Å². The molecule has 3 heterocycles. The van der Waals surface area contributed by atoms with E-state index >= 15 is 4.39 Å². The molecule has 2 aliphatic rings. The fourth-order valence-electron chi connectivity index (χ4n) is 3.89. The highest BCUT2D eigenvalue weighted by atomic mass is 127. The van der Waals surface area contributed by atoms with Gasteiger partial charge < -0.3 is 14.7 Å². The lowest BCUT2D eigenvalue weighted by Gasteiger charge is -2.28. The third kappa shape index (κ3) is 3.51. The van der Waals surface area contributed by atoms with Crippen molar-refractivity contribution in [2.75, 3.05) is 0 Å². The number of hydrogen-bond donors (Lipinski definition) is 2. The van der Waals surface area contributed by atoms with Crippen LogP contribution in [-0.4, -0.2) is 29.7 Å². The summed E-state index contributed by atoms with van der Waals surface area (Å²) in [5.74, 6) is 0.406. The van der Waals surface area contributed by atoms with Gasteiger partial charge in [-0.05, 0) is 64.1 Å². The summed E-state index contributed by atoms with van der Waals surface area (Å²) in [7, 11) is 0. The summed E-state index contributed by atoms with van der Waals surface area (Å²) in [6.07, 6.45) is 9.24. The number of ether oxygens (including phenoxy) is 1. The number of imidazole rings is 1. The normalized spacial score (nSPS) is 25.5. The van der Waals surface area contributed by atoms with Crippen LogP contribution >= 0.6 is 22.6 Å². The lowest BCUT2D eigenvalue weighted by Crippen LogP contribution is -2.34. The topological polar surface area (TPSA) is 66.6 Å². The molecule has 0 saturated heterocycles. The number of nitrogens with one attached hydrogen (secondary N) is 2. The molecule has 8 heteroatoms. The summed E-state index contributed by atoms with van der Waals surface area (Å²) >= 11 is 1.67. The van der Waals surface area contributed by atoms with Crippen molar-refractivity contribution >= 4 is 39.7 Å². The summed E-state index contributed by atoms with van der Waals surface area (Å²) < 4.78 is 34.0. The van der Waals surface area contributed by atoms with E-state index in [-0.39, 0.29) is 18.9 Å². The zero-order chi connectivity index (χ0) is 20.9. The average Bonchev–Trinajstić information content (AvgIpc) is 3.40. The SMILES string of the molecule is CC1C=Cc2nc(COC3C=C(F)C(Cc4c[nH]c5ncccc45)=CC3(F)I)[nH]c21. The van der Waals surface area contributed by atoms with Crippen LogP contribution in [0, 0.1) is 0 Å². The van der Waals surface area contributed by atoms with Gasteiger partial charge in [-0.1, -0.05) is 13.0 Å². The highest BCUT2D eigenvalue weighted by molar-refractivity contribution is 14.1. The Kier molecular flexibility index (Phi) is 4.85. The second-order valence-corrected chi connectivity index (χ2v) is 9.26. The molecule has 3 atom stereocenters. The van der Waals surface area contributed by atoms with Crippen molar-refractivity contribution in [3.8, 4) is 0 Å². The van der Waals surface area contributed by atoms with Crippen LogP contribution in [0.25, 0.3) is 17.1 Å². The molecule has 2 N–H and O–H groups in total. The Labute approximate surface area is 185 Å². The third-order valence-electron chi connectivity index (χ3n) is 5.48. The van der Waals surface area contributed by atoms with E-state index in [2.05, 4.69) is 32.9 Å². The summed E-state index contributed by atoms with van der Waals surface area (Å²) in [5.41, 5.74) is 3.79. The first kappa shape index (κ1) is 19.6. The Morgan fingerprint density at radius 1 is 1.37 bits per heavy atom. The molecule has 0 saturated carbocycles. The summed E-state index contributed by atoms with van der Waals surface area (Å²) in [4.78, 5) is 15.0. The molecule has 0 bridgehead atoms. The van der Waals surface area contributed by atoms with Gasteiger partial charge in [-0.2, -0.15) is 0 Å². The number of fused-ring (bicyclic) bond motifs is 2. The standard InChI is InChI=1S/C22H19F2IN4O/c1-12-4-5-17-20(12)29-19(28-17)11-30-18-8-16(23)13(9-22(18,24)25)7-14-10-27-21-15(14)3-2-6-26-21/h2-6,8-10,12,18H,7,11H2,1H3,(H,26,27)(H,28,29). The average molecular weight is 520 g/mol. The summed E-state index contributed by atoms with van der Waals surface area (Å²) in [5, 5.41) is 0.900. The molecular formula is C22H19F2IN4O. The van der Waals surface area contributed by atoms with Crippen LogP contribution in [0.2, 0.25) is 0 Å². The molecule has 30 heavy (non-hydrogen) atoms. The molecule has 5 nitrogen and oxygen atoms in total. The number of pyridine rings is 1. The first-order valence-corrected chi connectivity index (χ1v) is 10.8. The van der Waals surface area contributed by atoms with Crippen molar-refractivity contribution in [2.45, 2.75) is 35.6 Å². The van der Waals surface area contributed by atoms with E-state index in [1.807, 2.05) is 18.2 Å². The van der Waals surface area contributed by atoms with Crippen LogP contribution in [0.15, 0.2) is 54.2 Å². The number of nitrogens with zero attached hydrogens (tertiary/aromatic N) is 2. The predicted molar refractivity (Wildman–Crippen MR) is 120 cm³/mol. The number of rotatable bonds is 5. The Morgan fingerprint density at radius 2 is 2.23 bits per heavy atom. The van der Waals surface area contributed by atoms with Crippen LogP contribution in [0.1, 0.15) is 35.6 Å². The second-order valence-electron chi connectivity index (χ2n) is 7.61. The van der Waals surface area contributed by atoms with Gasteiger partial charge >= 0.3 is 0 Å². The van der Waals surface area contributed by atoms with E-state index in [9.17, 15) is 4.39 Å². The maximum absolute atomic E-state index is 15.3. The van der Waals surface area contributed by atoms with Crippen LogP contribution < -0.4 is 0 Å². The van der Waals surface area contributed by atoms with Crippen LogP contribution in [0.3, 0.4) is 0 Å². The fourth-order valence-corrected chi connectivity index (χ4v) is 4.62. The highest BCUT2D eigenvalue weighted by Crippen LogP contribution is 2.39. The van der Waals surface area contributed by atoms with Gasteiger partial charge in [0, 0.05) is 35.8 Å². The van der Waals surface area contributed by atoms with E-state index in [1.54, 1.807) is 35.0 Å². The maximum atomic E-state index is 15.3. The van der Waals surface area contributed by atoms with Gasteiger partial charge in [0.05, 0.1) is 5.69 Å². The van der Waals surface area contributed by atoms with E-state index in [4.69, 9.17) is 4.74 Å². The van der Waals surface area contributed by atoms with Gasteiger partial charge in [0.25, 0.3) is 0 Å². The van der Waals surface area contributed by atoms with Crippen molar-refractivity contribution < 1.29 is 13.5 Å². The molecular weight excluding hydrogens is 501 g/mol. The molecule has 0 amide bonds. The van der Waals surface area contributed by atoms with Gasteiger partial charge in [0.1, 0.15) is 30.0 Å². The van der Waals surface area contributed by atoms with E-state index < -0.39 is 15.6 Å².